The normalized spacial score (nSPS) is 15.9. The Balaban J connectivity index is 1.56. The Morgan fingerprint density at radius 2 is 2.05 bits per heavy atom. The molecule has 0 saturated heterocycles. The predicted molar refractivity (Wildman–Crippen MR) is 83.0 cm³/mol. The average molecular weight is 295 g/mol. The maximum atomic E-state index is 11.5. The molecule has 0 bridgehead atoms. The van der Waals surface area contributed by atoms with Crippen LogP contribution in [0.3, 0.4) is 0 Å². The molecule has 1 amide bonds. The minimum atomic E-state index is 0.194. The van der Waals surface area contributed by atoms with E-state index in [1.165, 1.54) is 5.56 Å². The predicted octanol–water partition coefficient (Wildman–Crippen LogP) is 2.92. The number of amides is 1. The molecule has 110 valence electrons. The lowest BCUT2D eigenvalue weighted by Gasteiger charge is -2.14. The van der Waals surface area contributed by atoms with Gasteiger partial charge in [-0.1, -0.05) is 23.7 Å². The van der Waals surface area contributed by atoms with Gasteiger partial charge in [-0.3, -0.25) is 4.79 Å². The summed E-state index contributed by atoms with van der Waals surface area (Å²) in [6.07, 6.45) is 4.80. The van der Waals surface area contributed by atoms with E-state index in [2.05, 4.69) is 29.7 Å². The molecule has 2 rings (SSSR count). The zero-order chi connectivity index (χ0) is 14.4. The summed E-state index contributed by atoms with van der Waals surface area (Å²) in [7, 11) is 0. The van der Waals surface area contributed by atoms with E-state index >= 15 is 0 Å². The van der Waals surface area contributed by atoms with Crippen LogP contribution in [0.2, 0.25) is 5.02 Å². The van der Waals surface area contributed by atoms with E-state index < -0.39 is 0 Å². The number of hydrogen-bond acceptors (Lipinski definition) is 2. The van der Waals surface area contributed by atoms with E-state index in [9.17, 15) is 4.79 Å². The summed E-state index contributed by atoms with van der Waals surface area (Å²) in [5, 5.41) is 7.24. The van der Waals surface area contributed by atoms with E-state index in [-0.39, 0.29) is 5.91 Å². The maximum Gasteiger partial charge on any atom is 0.220 e. The zero-order valence-corrected chi connectivity index (χ0v) is 12.7. The molecule has 2 N–H and O–H groups in total. The van der Waals surface area contributed by atoms with Crippen LogP contribution in [0.5, 0.6) is 0 Å². The van der Waals surface area contributed by atoms with Crippen molar-refractivity contribution in [3.63, 3.8) is 0 Å². The lowest BCUT2D eigenvalue weighted by atomic mass is 10.1. The third-order valence-electron chi connectivity index (χ3n) is 3.47. The molecule has 1 saturated carbocycles. The van der Waals surface area contributed by atoms with E-state index in [0.29, 0.717) is 18.5 Å². The van der Waals surface area contributed by atoms with Crippen molar-refractivity contribution in [2.45, 2.75) is 51.1 Å². The van der Waals surface area contributed by atoms with Crippen molar-refractivity contribution in [3.05, 3.63) is 34.9 Å². The standard InChI is InChI=1S/C16H23ClN2O/c1-12(11-13-4-6-14(17)7-5-13)18-10-2-3-16(20)19-15-8-9-15/h4-7,12,15,18H,2-3,8-11H2,1H3,(H,19,20). The highest BCUT2D eigenvalue weighted by Crippen LogP contribution is 2.18. The topological polar surface area (TPSA) is 41.1 Å². The van der Waals surface area contributed by atoms with Crippen LogP contribution in [0.15, 0.2) is 24.3 Å². The van der Waals surface area contributed by atoms with Crippen molar-refractivity contribution in [1.29, 1.82) is 0 Å². The highest BCUT2D eigenvalue weighted by Gasteiger charge is 2.22. The average Bonchev–Trinajstić information content (AvgIpc) is 3.21. The Labute approximate surface area is 126 Å². The molecule has 1 atom stereocenters. The summed E-state index contributed by atoms with van der Waals surface area (Å²) < 4.78 is 0. The Bertz CT molecular complexity index is 429. The van der Waals surface area contributed by atoms with Gasteiger partial charge >= 0.3 is 0 Å². The fourth-order valence-corrected chi connectivity index (χ4v) is 2.30. The van der Waals surface area contributed by atoms with Crippen molar-refractivity contribution < 1.29 is 4.79 Å². The SMILES string of the molecule is CC(Cc1ccc(Cl)cc1)NCCCC(=O)NC1CC1. The lowest BCUT2D eigenvalue weighted by molar-refractivity contribution is -0.121. The maximum absolute atomic E-state index is 11.5. The Hall–Kier alpha value is -1.06. The summed E-state index contributed by atoms with van der Waals surface area (Å²) >= 11 is 5.87. The molecule has 1 fully saturated rings. The van der Waals surface area contributed by atoms with Crippen LogP contribution >= 0.6 is 11.6 Å². The highest BCUT2D eigenvalue weighted by molar-refractivity contribution is 6.30. The minimum Gasteiger partial charge on any atom is -0.353 e. The molecule has 1 aromatic rings. The summed E-state index contributed by atoms with van der Waals surface area (Å²) in [5.74, 6) is 0.194. The first-order valence-corrected chi connectivity index (χ1v) is 7.78. The molecule has 4 heteroatoms. The number of nitrogens with one attached hydrogen (secondary N) is 2. The summed E-state index contributed by atoms with van der Waals surface area (Å²) in [6.45, 7) is 3.05. The highest BCUT2D eigenvalue weighted by atomic mass is 35.5. The van der Waals surface area contributed by atoms with E-state index in [1.807, 2.05) is 12.1 Å². The fraction of sp³-hybridized carbons (Fsp3) is 0.562. The first kappa shape index (κ1) is 15.3. The van der Waals surface area contributed by atoms with Crippen LogP contribution in [-0.4, -0.2) is 24.5 Å². The third kappa shape index (κ3) is 5.93. The molecular weight excluding hydrogens is 272 g/mol. The third-order valence-corrected chi connectivity index (χ3v) is 3.72. The number of carbonyl (C=O) groups excluding carboxylic acids is 1. The van der Waals surface area contributed by atoms with Gasteiger partial charge < -0.3 is 10.6 Å². The molecule has 1 aliphatic rings. The van der Waals surface area contributed by atoms with E-state index in [4.69, 9.17) is 11.6 Å². The number of benzene rings is 1. The van der Waals surface area contributed by atoms with Gasteiger partial charge in [-0.2, -0.15) is 0 Å². The van der Waals surface area contributed by atoms with E-state index in [1.54, 1.807) is 0 Å². The summed E-state index contributed by atoms with van der Waals surface area (Å²) in [6, 6.07) is 8.84. The van der Waals surface area contributed by atoms with Crippen molar-refractivity contribution in [2.75, 3.05) is 6.54 Å². The van der Waals surface area contributed by atoms with Gasteiger partial charge in [0.25, 0.3) is 0 Å². The van der Waals surface area contributed by atoms with Crippen molar-refractivity contribution in [1.82, 2.24) is 10.6 Å². The van der Waals surface area contributed by atoms with Gasteiger partial charge in [-0.25, -0.2) is 0 Å². The van der Waals surface area contributed by atoms with Crippen LogP contribution < -0.4 is 10.6 Å². The summed E-state index contributed by atoms with van der Waals surface area (Å²) in [4.78, 5) is 11.5. The molecule has 0 aromatic heterocycles. The Kier molecular flexibility index (Phi) is 5.86. The van der Waals surface area contributed by atoms with Crippen LogP contribution in [0.1, 0.15) is 38.2 Å². The fourth-order valence-electron chi connectivity index (χ4n) is 2.17. The lowest BCUT2D eigenvalue weighted by Crippen LogP contribution is -2.30. The quantitative estimate of drug-likeness (QED) is 0.724. The van der Waals surface area contributed by atoms with Gasteiger partial charge in [0.2, 0.25) is 5.91 Å². The smallest absolute Gasteiger partial charge is 0.220 e. The van der Waals surface area contributed by atoms with Crippen LogP contribution in [0.4, 0.5) is 0 Å². The Morgan fingerprint density at radius 1 is 1.35 bits per heavy atom. The second kappa shape index (κ2) is 7.65. The Morgan fingerprint density at radius 3 is 2.70 bits per heavy atom. The first-order chi connectivity index (χ1) is 9.63. The van der Waals surface area contributed by atoms with Crippen molar-refractivity contribution in [3.8, 4) is 0 Å². The number of carbonyl (C=O) groups is 1. The summed E-state index contributed by atoms with van der Waals surface area (Å²) in [5.41, 5.74) is 1.28. The van der Waals surface area contributed by atoms with Crippen LogP contribution in [0.25, 0.3) is 0 Å². The van der Waals surface area contributed by atoms with Gasteiger partial charge in [0.15, 0.2) is 0 Å². The molecule has 1 aliphatic carbocycles. The van der Waals surface area contributed by atoms with Gasteiger partial charge in [-0.05, 0) is 56.8 Å². The van der Waals surface area contributed by atoms with Crippen LogP contribution in [-0.2, 0) is 11.2 Å². The van der Waals surface area contributed by atoms with Crippen LogP contribution in [0, 0.1) is 0 Å². The molecule has 3 nitrogen and oxygen atoms in total. The monoisotopic (exact) mass is 294 g/mol. The molecule has 0 heterocycles. The molecule has 0 aliphatic heterocycles. The minimum absolute atomic E-state index is 0.194. The number of hydrogen-bond donors (Lipinski definition) is 2. The number of halogens is 1. The second-order valence-electron chi connectivity index (χ2n) is 5.63. The van der Waals surface area contributed by atoms with Gasteiger partial charge in [-0.15, -0.1) is 0 Å². The van der Waals surface area contributed by atoms with Crippen molar-refractivity contribution >= 4 is 17.5 Å². The molecule has 0 radical (unpaired) electrons. The number of rotatable bonds is 8. The van der Waals surface area contributed by atoms with E-state index in [0.717, 1.165) is 37.3 Å². The molecule has 0 spiro atoms. The van der Waals surface area contributed by atoms with Crippen molar-refractivity contribution in [2.24, 2.45) is 0 Å². The largest absolute Gasteiger partial charge is 0.353 e. The van der Waals surface area contributed by atoms with Gasteiger partial charge in [0.1, 0.15) is 0 Å². The molecular formula is C16H23ClN2O. The van der Waals surface area contributed by atoms with Gasteiger partial charge in [0.05, 0.1) is 0 Å². The second-order valence-corrected chi connectivity index (χ2v) is 6.07. The molecule has 20 heavy (non-hydrogen) atoms. The van der Waals surface area contributed by atoms with Gasteiger partial charge in [0, 0.05) is 23.5 Å². The molecule has 1 unspecified atom stereocenters. The molecule has 1 aromatic carbocycles. The first-order valence-electron chi connectivity index (χ1n) is 7.40. The zero-order valence-electron chi connectivity index (χ0n) is 12.0.